The lowest BCUT2D eigenvalue weighted by Gasteiger charge is -2.26. The molecule has 0 fully saturated rings. The summed E-state index contributed by atoms with van der Waals surface area (Å²) in [5.74, 6) is 0.688. The molecule has 0 radical (unpaired) electrons. The van der Waals surface area contributed by atoms with Crippen LogP contribution in [0.25, 0.3) is 0 Å². The molecule has 0 unspecified atom stereocenters. The first-order valence-corrected chi connectivity index (χ1v) is 12.3. The van der Waals surface area contributed by atoms with Crippen LogP contribution in [0.5, 0.6) is 5.75 Å². The number of amides is 1. The smallest absolute Gasteiger partial charge is 0.264 e. The van der Waals surface area contributed by atoms with Crippen molar-refractivity contribution in [3.63, 3.8) is 0 Å². The van der Waals surface area contributed by atoms with Gasteiger partial charge in [-0.1, -0.05) is 62.4 Å². The fourth-order valence-corrected chi connectivity index (χ4v) is 5.03. The number of hydrogen-bond acceptors (Lipinski definition) is 4. The van der Waals surface area contributed by atoms with Crippen LogP contribution in [0.2, 0.25) is 0 Å². The summed E-state index contributed by atoms with van der Waals surface area (Å²) in [6, 6.07) is 24.1. The van der Waals surface area contributed by atoms with E-state index < -0.39 is 10.0 Å². The molecule has 3 rings (SSSR count). The number of benzene rings is 3. The number of carbonyl (C=O) groups excluding carboxylic acids is 1. The SMILES string of the molecule is COc1ccc([C@@H](CC(C)C)NC(=O)CN(c2ccccc2)S(=O)(=O)c2ccccc2)cc1. The standard InChI is InChI=1S/C26H30N2O4S/c1-20(2)18-25(21-14-16-23(32-3)17-15-21)27-26(29)19-28(22-10-6-4-7-11-22)33(30,31)24-12-8-5-9-13-24/h4-17,20,25H,18-19H2,1-3H3,(H,27,29)/t25-/m1/s1. The third-order valence-corrected chi connectivity index (χ3v) is 7.01. The van der Waals surface area contributed by atoms with E-state index in [0.717, 1.165) is 22.0 Å². The number of methoxy groups -OCH3 is 1. The number of carbonyl (C=O) groups is 1. The topological polar surface area (TPSA) is 75.7 Å². The van der Waals surface area contributed by atoms with Crippen LogP contribution < -0.4 is 14.4 Å². The van der Waals surface area contributed by atoms with Crippen molar-refractivity contribution in [1.82, 2.24) is 5.32 Å². The minimum Gasteiger partial charge on any atom is -0.497 e. The molecule has 0 aromatic heterocycles. The first kappa shape index (κ1) is 24.3. The van der Waals surface area contributed by atoms with E-state index in [1.807, 2.05) is 24.3 Å². The number of anilines is 1. The molecule has 3 aromatic rings. The van der Waals surface area contributed by atoms with Crippen LogP contribution in [0.3, 0.4) is 0 Å². The van der Waals surface area contributed by atoms with Crippen molar-refractivity contribution in [3.05, 3.63) is 90.5 Å². The molecule has 0 heterocycles. The van der Waals surface area contributed by atoms with Crippen molar-refractivity contribution < 1.29 is 17.9 Å². The summed E-state index contributed by atoms with van der Waals surface area (Å²) in [6.07, 6.45) is 0.717. The van der Waals surface area contributed by atoms with Gasteiger partial charge in [0.1, 0.15) is 12.3 Å². The summed E-state index contributed by atoms with van der Waals surface area (Å²) in [6.45, 7) is 3.84. The highest BCUT2D eigenvalue weighted by Gasteiger charge is 2.28. The largest absolute Gasteiger partial charge is 0.497 e. The van der Waals surface area contributed by atoms with Crippen LogP contribution in [-0.2, 0) is 14.8 Å². The fourth-order valence-electron chi connectivity index (χ4n) is 3.59. The van der Waals surface area contributed by atoms with Gasteiger partial charge in [0, 0.05) is 0 Å². The van der Waals surface area contributed by atoms with Crippen molar-refractivity contribution in [2.24, 2.45) is 5.92 Å². The Balaban J connectivity index is 1.87. The van der Waals surface area contributed by atoms with E-state index in [-0.39, 0.29) is 23.4 Å². The fraction of sp³-hybridized carbons (Fsp3) is 0.269. The number of nitrogens with zero attached hydrogens (tertiary/aromatic N) is 1. The van der Waals surface area contributed by atoms with Crippen molar-refractivity contribution in [2.75, 3.05) is 18.0 Å². The van der Waals surface area contributed by atoms with Crippen molar-refractivity contribution in [1.29, 1.82) is 0 Å². The normalized spacial score (nSPS) is 12.2. The molecule has 0 aliphatic heterocycles. The minimum absolute atomic E-state index is 0.135. The van der Waals surface area contributed by atoms with Crippen LogP contribution in [0, 0.1) is 5.92 Å². The van der Waals surface area contributed by atoms with Gasteiger partial charge in [-0.25, -0.2) is 8.42 Å². The zero-order chi connectivity index (χ0) is 23.8. The molecule has 33 heavy (non-hydrogen) atoms. The minimum atomic E-state index is -3.93. The Morgan fingerprint density at radius 3 is 2.03 bits per heavy atom. The second-order valence-corrected chi connectivity index (χ2v) is 10.0. The van der Waals surface area contributed by atoms with E-state index in [0.29, 0.717) is 11.6 Å². The van der Waals surface area contributed by atoms with Gasteiger partial charge in [0.2, 0.25) is 5.91 Å². The molecule has 0 saturated heterocycles. The zero-order valence-corrected chi connectivity index (χ0v) is 20.0. The lowest BCUT2D eigenvalue weighted by atomic mass is 9.97. The molecule has 6 nitrogen and oxygen atoms in total. The maximum absolute atomic E-state index is 13.4. The quantitative estimate of drug-likeness (QED) is 0.466. The Morgan fingerprint density at radius 2 is 1.48 bits per heavy atom. The number of nitrogens with one attached hydrogen (secondary N) is 1. The molecule has 0 spiro atoms. The Bertz CT molecular complexity index is 1130. The predicted octanol–water partition coefficient (Wildman–Crippen LogP) is 4.79. The van der Waals surface area contributed by atoms with E-state index >= 15 is 0 Å². The number of rotatable bonds is 10. The Hall–Kier alpha value is -3.32. The van der Waals surface area contributed by atoms with Gasteiger partial charge in [0.05, 0.1) is 23.7 Å². The summed E-state index contributed by atoms with van der Waals surface area (Å²) in [5, 5.41) is 3.04. The Kier molecular flexibility index (Phi) is 8.11. The van der Waals surface area contributed by atoms with Gasteiger partial charge in [0.15, 0.2) is 0 Å². The Labute approximate surface area is 196 Å². The summed E-state index contributed by atoms with van der Waals surface area (Å²) in [4.78, 5) is 13.3. The van der Waals surface area contributed by atoms with Gasteiger partial charge < -0.3 is 10.1 Å². The van der Waals surface area contributed by atoms with Crippen LogP contribution in [-0.4, -0.2) is 28.0 Å². The average molecular weight is 467 g/mol. The second-order valence-electron chi connectivity index (χ2n) is 8.18. The average Bonchev–Trinajstić information content (AvgIpc) is 2.83. The monoisotopic (exact) mass is 466 g/mol. The van der Waals surface area contributed by atoms with Gasteiger partial charge in [-0.3, -0.25) is 9.10 Å². The molecule has 1 amide bonds. The lowest BCUT2D eigenvalue weighted by molar-refractivity contribution is -0.120. The van der Waals surface area contributed by atoms with Crippen molar-refractivity contribution in [2.45, 2.75) is 31.2 Å². The molecular formula is C26H30N2O4S. The number of ether oxygens (including phenoxy) is 1. The third-order valence-electron chi connectivity index (χ3n) is 5.22. The summed E-state index contributed by atoms with van der Waals surface area (Å²) in [7, 11) is -2.32. The number of sulfonamides is 1. The lowest BCUT2D eigenvalue weighted by Crippen LogP contribution is -2.42. The van der Waals surface area contributed by atoms with E-state index in [9.17, 15) is 13.2 Å². The number of para-hydroxylation sites is 1. The highest BCUT2D eigenvalue weighted by molar-refractivity contribution is 7.92. The van der Waals surface area contributed by atoms with Crippen molar-refractivity contribution >= 4 is 21.6 Å². The summed E-state index contributed by atoms with van der Waals surface area (Å²) in [5.41, 5.74) is 1.37. The maximum atomic E-state index is 13.4. The summed E-state index contributed by atoms with van der Waals surface area (Å²) < 4.78 is 33.2. The number of hydrogen-bond donors (Lipinski definition) is 1. The van der Waals surface area contributed by atoms with Crippen LogP contribution in [0.15, 0.2) is 89.8 Å². The molecule has 1 atom stereocenters. The third kappa shape index (κ3) is 6.35. The van der Waals surface area contributed by atoms with Gasteiger partial charge in [-0.15, -0.1) is 0 Å². The molecule has 3 aromatic carbocycles. The van der Waals surface area contributed by atoms with Gasteiger partial charge in [0.25, 0.3) is 10.0 Å². The predicted molar refractivity (Wildman–Crippen MR) is 131 cm³/mol. The molecule has 0 bridgehead atoms. The maximum Gasteiger partial charge on any atom is 0.264 e. The van der Waals surface area contributed by atoms with E-state index in [2.05, 4.69) is 19.2 Å². The second kappa shape index (κ2) is 11.0. The van der Waals surface area contributed by atoms with Crippen LogP contribution in [0.4, 0.5) is 5.69 Å². The van der Waals surface area contributed by atoms with Gasteiger partial charge in [-0.05, 0) is 54.3 Å². The van der Waals surface area contributed by atoms with Gasteiger partial charge in [-0.2, -0.15) is 0 Å². The highest BCUT2D eigenvalue weighted by Crippen LogP contribution is 2.26. The molecule has 0 aliphatic carbocycles. The van der Waals surface area contributed by atoms with E-state index in [1.54, 1.807) is 55.6 Å². The molecule has 174 valence electrons. The van der Waals surface area contributed by atoms with Gasteiger partial charge >= 0.3 is 0 Å². The molecule has 7 heteroatoms. The first-order chi connectivity index (χ1) is 15.8. The first-order valence-electron chi connectivity index (χ1n) is 10.9. The highest BCUT2D eigenvalue weighted by atomic mass is 32.2. The van der Waals surface area contributed by atoms with E-state index in [4.69, 9.17) is 4.74 Å². The molecule has 1 N–H and O–H groups in total. The van der Waals surface area contributed by atoms with Crippen LogP contribution >= 0.6 is 0 Å². The Morgan fingerprint density at radius 1 is 0.909 bits per heavy atom. The van der Waals surface area contributed by atoms with Crippen LogP contribution in [0.1, 0.15) is 31.9 Å². The molecule has 0 aliphatic rings. The summed E-state index contributed by atoms with van der Waals surface area (Å²) >= 11 is 0. The zero-order valence-electron chi connectivity index (χ0n) is 19.1. The van der Waals surface area contributed by atoms with Crippen molar-refractivity contribution in [3.8, 4) is 5.75 Å². The molecular weight excluding hydrogens is 436 g/mol. The van der Waals surface area contributed by atoms with E-state index in [1.165, 1.54) is 12.1 Å². The molecule has 0 saturated carbocycles.